The number of piperidine rings is 1. The summed E-state index contributed by atoms with van der Waals surface area (Å²) in [4.78, 5) is 2.28. The van der Waals surface area contributed by atoms with Crippen molar-refractivity contribution in [2.45, 2.75) is 44.8 Å². The molecule has 1 saturated heterocycles. The van der Waals surface area contributed by atoms with E-state index in [0.29, 0.717) is 0 Å². The summed E-state index contributed by atoms with van der Waals surface area (Å²) in [6.07, 6.45) is 3.83. The summed E-state index contributed by atoms with van der Waals surface area (Å²) in [5, 5.41) is 19.2. The molecule has 3 nitrogen and oxygen atoms in total. The van der Waals surface area contributed by atoms with Gasteiger partial charge in [0.25, 0.3) is 0 Å². The van der Waals surface area contributed by atoms with E-state index >= 15 is 0 Å². The van der Waals surface area contributed by atoms with E-state index in [-0.39, 0.29) is 18.8 Å². The minimum atomic E-state index is -0.367. The van der Waals surface area contributed by atoms with Crippen molar-refractivity contribution in [3.05, 3.63) is 29.8 Å². The zero-order valence-electron chi connectivity index (χ0n) is 11.0. The molecular formula is C15H23NO2. The molecule has 1 aliphatic heterocycles. The molecule has 0 radical (unpaired) electrons. The molecular weight excluding hydrogens is 226 g/mol. The number of aliphatic hydroxyl groups excluding tert-OH is 2. The maximum absolute atomic E-state index is 9.78. The Morgan fingerprint density at radius 2 is 2.00 bits per heavy atom. The Bertz CT molecular complexity index is 363. The van der Waals surface area contributed by atoms with Gasteiger partial charge in [-0.05, 0) is 43.4 Å². The lowest BCUT2D eigenvalue weighted by Gasteiger charge is -2.36. The van der Waals surface area contributed by atoms with E-state index in [1.807, 2.05) is 19.1 Å². The van der Waals surface area contributed by atoms with Crippen molar-refractivity contribution in [1.82, 2.24) is 0 Å². The second-order valence-corrected chi connectivity index (χ2v) is 5.04. The van der Waals surface area contributed by atoms with Gasteiger partial charge >= 0.3 is 0 Å². The summed E-state index contributed by atoms with van der Waals surface area (Å²) in [6.45, 7) is 3.21. The minimum Gasteiger partial charge on any atom is -0.394 e. The molecule has 0 aromatic heterocycles. The van der Waals surface area contributed by atoms with Crippen molar-refractivity contribution in [2.24, 2.45) is 0 Å². The van der Waals surface area contributed by atoms with E-state index in [4.69, 9.17) is 0 Å². The van der Waals surface area contributed by atoms with E-state index in [9.17, 15) is 10.2 Å². The first-order valence-corrected chi connectivity index (χ1v) is 6.91. The molecule has 3 heteroatoms. The van der Waals surface area contributed by atoms with Crippen LogP contribution >= 0.6 is 0 Å². The van der Waals surface area contributed by atoms with Crippen molar-refractivity contribution in [3.63, 3.8) is 0 Å². The van der Waals surface area contributed by atoms with Gasteiger partial charge in [-0.1, -0.05) is 19.1 Å². The van der Waals surface area contributed by atoms with Crippen LogP contribution in [0.1, 0.15) is 44.3 Å². The first kappa shape index (κ1) is 13.4. The zero-order chi connectivity index (χ0) is 13.0. The van der Waals surface area contributed by atoms with Crippen molar-refractivity contribution in [1.29, 1.82) is 0 Å². The van der Waals surface area contributed by atoms with Gasteiger partial charge in [0.05, 0.1) is 18.8 Å². The minimum absolute atomic E-state index is 0.222. The van der Waals surface area contributed by atoms with Crippen molar-refractivity contribution < 1.29 is 10.2 Å². The molecule has 1 aromatic rings. The number of anilines is 1. The largest absolute Gasteiger partial charge is 0.394 e. The van der Waals surface area contributed by atoms with Gasteiger partial charge in [-0.2, -0.15) is 0 Å². The highest BCUT2D eigenvalue weighted by Crippen LogP contribution is 2.26. The molecule has 0 saturated carbocycles. The maximum atomic E-state index is 9.78. The summed E-state index contributed by atoms with van der Waals surface area (Å²) < 4.78 is 0. The highest BCUT2D eigenvalue weighted by atomic mass is 16.3. The monoisotopic (exact) mass is 249 g/mol. The average molecular weight is 249 g/mol. The third-order valence-electron chi connectivity index (χ3n) is 3.83. The van der Waals surface area contributed by atoms with Gasteiger partial charge in [0.2, 0.25) is 0 Å². The molecule has 0 aliphatic carbocycles. The van der Waals surface area contributed by atoms with Crippen LogP contribution in [0, 0.1) is 0 Å². The third-order valence-corrected chi connectivity index (χ3v) is 3.83. The number of benzene rings is 1. The lowest BCUT2D eigenvalue weighted by Crippen LogP contribution is -2.41. The fourth-order valence-electron chi connectivity index (χ4n) is 2.65. The van der Waals surface area contributed by atoms with Crippen molar-refractivity contribution in [2.75, 3.05) is 18.1 Å². The molecule has 1 aromatic carbocycles. The van der Waals surface area contributed by atoms with Gasteiger partial charge in [-0.15, -0.1) is 0 Å². The molecule has 2 atom stereocenters. The summed E-state index contributed by atoms with van der Waals surface area (Å²) in [5.41, 5.74) is 2.12. The van der Waals surface area contributed by atoms with E-state index in [2.05, 4.69) is 17.0 Å². The maximum Gasteiger partial charge on any atom is 0.0787 e. The van der Waals surface area contributed by atoms with Crippen LogP contribution in [0.5, 0.6) is 0 Å². The number of hydrogen-bond acceptors (Lipinski definition) is 3. The third kappa shape index (κ3) is 2.85. The molecule has 1 unspecified atom stereocenters. The molecule has 18 heavy (non-hydrogen) atoms. The Hall–Kier alpha value is -1.06. The fraction of sp³-hybridized carbons (Fsp3) is 0.600. The topological polar surface area (TPSA) is 43.7 Å². The van der Waals surface area contributed by atoms with Crippen LogP contribution in [0.4, 0.5) is 5.69 Å². The number of hydrogen-bond donors (Lipinski definition) is 2. The SMILES string of the molecule is CC[C@@H](O)c1ccc(N2CCCCC2CO)cc1. The predicted octanol–water partition coefficient (Wildman–Crippen LogP) is 2.48. The van der Waals surface area contributed by atoms with Crippen LogP contribution in [-0.4, -0.2) is 29.4 Å². The Kier molecular flexibility index (Phi) is 4.61. The summed E-state index contributed by atoms with van der Waals surface area (Å²) in [7, 11) is 0. The Morgan fingerprint density at radius 1 is 1.28 bits per heavy atom. The average Bonchev–Trinajstić information content (AvgIpc) is 2.46. The summed E-state index contributed by atoms with van der Waals surface area (Å²) in [6, 6.07) is 8.35. The molecule has 0 amide bonds. The highest BCUT2D eigenvalue weighted by molar-refractivity contribution is 5.49. The second kappa shape index (κ2) is 6.21. The predicted molar refractivity (Wildman–Crippen MR) is 73.8 cm³/mol. The summed E-state index contributed by atoms with van der Waals surface area (Å²) >= 11 is 0. The van der Waals surface area contributed by atoms with Crippen LogP contribution in [0.15, 0.2) is 24.3 Å². The Labute approximate surface area is 109 Å². The number of rotatable bonds is 4. The van der Waals surface area contributed by atoms with Gasteiger partial charge in [-0.25, -0.2) is 0 Å². The zero-order valence-corrected chi connectivity index (χ0v) is 11.0. The van der Waals surface area contributed by atoms with Crippen LogP contribution in [0.2, 0.25) is 0 Å². The normalized spacial score (nSPS) is 21.9. The molecule has 100 valence electrons. The number of aliphatic hydroxyl groups is 2. The van der Waals surface area contributed by atoms with E-state index in [0.717, 1.165) is 30.6 Å². The lowest BCUT2D eigenvalue weighted by atomic mass is 10.0. The van der Waals surface area contributed by atoms with E-state index < -0.39 is 0 Å². The van der Waals surface area contributed by atoms with Crippen molar-refractivity contribution >= 4 is 5.69 Å². The number of nitrogens with zero attached hydrogens (tertiary/aromatic N) is 1. The molecule has 2 rings (SSSR count). The standard InChI is InChI=1S/C15H23NO2/c1-2-15(18)12-6-8-13(9-7-12)16-10-4-3-5-14(16)11-17/h6-9,14-15,17-18H,2-5,10-11H2,1H3/t14?,15-/m1/s1. The first-order valence-electron chi connectivity index (χ1n) is 6.91. The Morgan fingerprint density at radius 3 is 2.61 bits per heavy atom. The molecule has 0 bridgehead atoms. The summed E-state index contributed by atoms with van der Waals surface area (Å²) in [5.74, 6) is 0. The van der Waals surface area contributed by atoms with Crippen LogP contribution in [-0.2, 0) is 0 Å². The second-order valence-electron chi connectivity index (χ2n) is 5.04. The van der Waals surface area contributed by atoms with Gasteiger partial charge < -0.3 is 15.1 Å². The first-order chi connectivity index (χ1) is 8.76. The van der Waals surface area contributed by atoms with Crippen LogP contribution in [0.3, 0.4) is 0 Å². The fourth-order valence-corrected chi connectivity index (χ4v) is 2.65. The van der Waals surface area contributed by atoms with E-state index in [1.54, 1.807) is 0 Å². The van der Waals surface area contributed by atoms with Crippen molar-refractivity contribution in [3.8, 4) is 0 Å². The molecule has 1 aliphatic rings. The van der Waals surface area contributed by atoms with E-state index in [1.165, 1.54) is 12.8 Å². The van der Waals surface area contributed by atoms with Gasteiger partial charge in [0.15, 0.2) is 0 Å². The molecule has 0 spiro atoms. The van der Waals surface area contributed by atoms with Gasteiger partial charge in [0, 0.05) is 12.2 Å². The smallest absolute Gasteiger partial charge is 0.0787 e. The molecule has 1 heterocycles. The quantitative estimate of drug-likeness (QED) is 0.861. The molecule has 2 N–H and O–H groups in total. The van der Waals surface area contributed by atoms with Crippen LogP contribution in [0.25, 0.3) is 0 Å². The highest BCUT2D eigenvalue weighted by Gasteiger charge is 2.21. The molecule has 1 fully saturated rings. The Balaban J connectivity index is 2.12. The van der Waals surface area contributed by atoms with Gasteiger partial charge in [0.1, 0.15) is 0 Å². The van der Waals surface area contributed by atoms with Gasteiger partial charge in [-0.3, -0.25) is 0 Å². The lowest BCUT2D eigenvalue weighted by molar-refractivity contribution is 0.173. The van der Waals surface area contributed by atoms with Crippen LogP contribution < -0.4 is 4.90 Å².